The lowest BCUT2D eigenvalue weighted by Gasteiger charge is -2.19. The Kier molecular flexibility index (Phi) is 4.56. The van der Waals surface area contributed by atoms with E-state index in [1.54, 1.807) is 0 Å². The van der Waals surface area contributed by atoms with Gasteiger partial charge >= 0.3 is 0 Å². The Morgan fingerprint density at radius 3 is 2.77 bits per heavy atom. The molecule has 0 atom stereocenters. The lowest BCUT2D eigenvalue weighted by Crippen LogP contribution is -2.14. The van der Waals surface area contributed by atoms with Crippen LogP contribution < -0.4 is 10.1 Å². The van der Waals surface area contributed by atoms with Crippen LogP contribution in [0, 0.1) is 13.8 Å². The van der Waals surface area contributed by atoms with Crippen LogP contribution in [-0.4, -0.2) is 20.2 Å². The third-order valence-corrected chi connectivity index (χ3v) is 4.63. The van der Waals surface area contributed by atoms with Gasteiger partial charge in [-0.25, -0.2) is 9.97 Å². The highest BCUT2D eigenvalue weighted by molar-refractivity contribution is 5.57. The second-order valence-corrected chi connectivity index (χ2v) is 6.74. The molecule has 0 fully saturated rings. The first-order chi connectivity index (χ1) is 12.7. The molecule has 0 radical (unpaired) electrons. The maximum Gasteiger partial charge on any atom is 0.168 e. The molecule has 1 aliphatic rings. The van der Waals surface area contributed by atoms with Gasteiger partial charge in [-0.1, -0.05) is 18.2 Å². The summed E-state index contributed by atoms with van der Waals surface area (Å²) in [6, 6.07) is 9.96. The molecule has 2 aromatic heterocycles. The summed E-state index contributed by atoms with van der Waals surface area (Å²) in [7, 11) is 0. The van der Waals surface area contributed by atoms with Crippen LogP contribution in [0.4, 0.5) is 11.6 Å². The second kappa shape index (κ2) is 7.15. The van der Waals surface area contributed by atoms with E-state index >= 15 is 0 Å². The molecule has 134 valence electrons. The van der Waals surface area contributed by atoms with Gasteiger partial charge in [-0.15, -0.1) is 0 Å². The Balaban J connectivity index is 1.60. The van der Waals surface area contributed by atoms with E-state index in [4.69, 9.17) is 14.7 Å². The zero-order valence-electron chi connectivity index (χ0n) is 15.2. The minimum atomic E-state index is 0.354. The summed E-state index contributed by atoms with van der Waals surface area (Å²) < 4.78 is 5.95. The van der Waals surface area contributed by atoms with E-state index in [9.17, 15) is 0 Å². The molecule has 2 heterocycles. The Labute approximate surface area is 153 Å². The molecule has 0 aliphatic heterocycles. The van der Waals surface area contributed by atoms with E-state index in [-0.39, 0.29) is 0 Å². The summed E-state index contributed by atoms with van der Waals surface area (Å²) in [5, 5.41) is 10.6. The number of aryl methyl sites for hydroxylation is 3. The number of anilines is 2. The summed E-state index contributed by atoms with van der Waals surface area (Å²) in [4.78, 5) is 9.50. The lowest BCUT2D eigenvalue weighted by atomic mass is 9.96. The second-order valence-electron chi connectivity index (χ2n) is 6.74. The number of ether oxygens (including phenoxy) is 1. The molecule has 4 rings (SSSR count). The van der Waals surface area contributed by atoms with Gasteiger partial charge in [0.1, 0.15) is 18.2 Å². The van der Waals surface area contributed by atoms with E-state index in [0.717, 1.165) is 47.2 Å². The smallest absolute Gasteiger partial charge is 0.168 e. The monoisotopic (exact) mass is 349 g/mol. The van der Waals surface area contributed by atoms with Crippen LogP contribution in [0.15, 0.2) is 30.3 Å². The number of hydrogen-bond acceptors (Lipinski definition) is 5. The van der Waals surface area contributed by atoms with Crippen LogP contribution in [-0.2, 0) is 19.4 Å². The highest BCUT2D eigenvalue weighted by atomic mass is 16.5. The van der Waals surface area contributed by atoms with Crippen molar-refractivity contribution in [2.75, 3.05) is 5.32 Å². The maximum atomic E-state index is 5.95. The average molecular weight is 349 g/mol. The first kappa shape index (κ1) is 16.6. The van der Waals surface area contributed by atoms with Crippen LogP contribution >= 0.6 is 0 Å². The number of para-hydroxylation sites is 1. The third-order valence-electron chi connectivity index (χ3n) is 4.63. The van der Waals surface area contributed by atoms with Gasteiger partial charge in [0.05, 0.1) is 0 Å². The summed E-state index contributed by atoms with van der Waals surface area (Å²) >= 11 is 0. The highest BCUT2D eigenvalue weighted by Crippen LogP contribution is 2.28. The first-order valence-electron chi connectivity index (χ1n) is 9.05. The minimum Gasteiger partial charge on any atom is -0.485 e. The van der Waals surface area contributed by atoms with Gasteiger partial charge in [0.15, 0.2) is 11.6 Å². The molecule has 0 bridgehead atoms. The predicted molar refractivity (Wildman–Crippen MR) is 101 cm³/mol. The Morgan fingerprint density at radius 2 is 1.96 bits per heavy atom. The largest absolute Gasteiger partial charge is 0.485 e. The quantitative estimate of drug-likeness (QED) is 0.728. The van der Waals surface area contributed by atoms with E-state index in [1.807, 2.05) is 44.2 Å². The SMILES string of the molecule is Cc1cc(Nc2nc(COc3ccccc3C)nc3c2CCCC3)n[nH]1. The first-order valence-corrected chi connectivity index (χ1v) is 9.05. The summed E-state index contributed by atoms with van der Waals surface area (Å²) in [6.45, 7) is 4.37. The molecular weight excluding hydrogens is 326 g/mol. The number of rotatable bonds is 5. The molecule has 0 amide bonds. The minimum absolute atomic E-state index is 0.354. The number of H-pyrrole nitrogens is 1. The maximum absolute atomic E-state index is 5.95. The van der Waals surface area contributed by atoms with Crippen molar-refractivity contribution in [2.24, 2.45) is 0 Å². The number of fused-ring (bicyclic) bond motifs is 1. The van der Waals surface area contributed by atoms with Crippen LogP contribution in [0.3, 0.4) is 0 Å². The van der Waals surface area contributed by atoms with Gasteiger partial charge < -0.3 is 10.1 Å². The van der Waals surface area contributed by atoms with Crippen LogP contribution in [0.2, 0.25) is 0 Å². The van der Waals surface area contributed by atoms with Crippen molar-refractivity contribution in [3.63, 3.8) is 0 Å². The fraction of sp³-hybridized carbons (Fsp3) is 0.350. The van der Waals surface area contributed by atoms with E-state index < -0.39 is 0 Å². The molecule has 6 heteroatoms. The number of aromatic amines is 1. The van der Waals surface area contributed by atoms with E-state index in [0.29, 0.717) is 12.4 Å². The molecule has 6 nitrogen and oxygen atoms in total. The molecular formula is C20H23N5O. The van der Waals surface area contributed by atoms with Gasteiger partial charge in [-0.05, 0) is 51.2 Å². The molecule has 0 saturated heterocycles. The summed E-state index contributed by atoms with van der Waals surface area (Å²) in [5.74, 6) is 3.19. The number of hydrogen-bond donors (Lipinski definition) is 2. The average Bonchev–Trinajstić information content (AvgIpc) is 3.06. The van der Waals surface area contributed by atoms with Crippen molar-refractivity contribution in [3.8, 4) is 5.75 Å². The van der Waals surface area contributed by atoms with Gasteiger partial charge in [0.25, 0.3) is 0 Å². The molecule has 0 saturated carbocycles. The number of benzene rings is 1. The van der Waals surface area contributed by atoms with Crippen LogP contribution in [0.5, 0.6) is 5.75 Å². The van der Waals surface area contributed by atoms with Crippen molar-refractivity contribution in [3.05, 3.63) is 58.7 Å². The lowest BCUT2D eigenvalue weighted by molar-refractivity contribution is 0.293. The Morgan fingerprint density at radius 1 is 1.12 bits per heavy atom. The molecule has 0 unspecified atom stereocenters. The third kappa shape index (κ3) is 3.54. The van der Waals surface area contributed by atoms with Crippen molar-refractivity contribution >= 4 is 11.6 Å². The van der Waals surface area contributed by atoms with E-state index in [1.165, 1.54) is 18.4 Å². The van der Waals surface area contributed by atoms with E-state index in [2.05, 4.69) is 15.5 Å². The molecule has 0 spiro atoms. The predicted octanol–water partition coefficient (Wildman–Crippen LogP) is 4.02. The number of nitrogens with one attached hydrogen (secondary N) is 2. The van der Waals surface area contributed by atoms with Crippen molar-refractivity contribution in [1.82, 2.24) is 20.2 Å². The van der Waals surface area contributed by atoms with Gasteiger partial charge in [-0.2, -0.15) is 5.10 Å². The zero-order chi connectivity index (χ0) is 17.9. The summed E-state index contributed by atoms with van der Waals surface area (Å²) in [6.07, 6.45) is 4.33. The van der Waals surface area contributed by atoms with Crippen molar-refractivity contribution in [2.45, 2.75) is 46.1 Å². The van der Waals surface area contributed by atoms with Gasteiger partial charge in [0, 0.05) is 23.0 Å². The standard InChI is InChI=1S/C20H23N5O/c1-13-7-3-6-10-17(13)26-12-19-21-16-9-5-4-8-15(16)20(23-19)22-18-11-14(2)24-25-18/h3,6-7,10-11H,4-5,8-9,12H2,1-2H3,(H2,21,22,23,24,25). The fourth-order valence-corrected chi connectivity index (χ4v) is 3.28. The van der Waals surface area contributed by atoms with Gasteiger partial charge in [-0.3, -0.25) is 5.10 Å². The fourth-order valence-electron chi connectivity index (χ4n) is 3.28. The van der Waals surface area contributed by atoms with Crippen molar-refractivity contribution in [1.29, 1.82) is 0 Å². The van der Waals surface area contributed by atoms with Gasteiger partial charge in [0.2, 0.25) is 0 Å². The Hall–Kier alpha value is -2.89. The number of nitrogens with zero attached hydrogens (tertiary/aromatic N) is 3. The normalized spacial score (nSPS) is 13.3. The zero-order valence-corrected chi connectivity index (χ0v) is 15.2. The molecule has 2 N–H and O–H groups in total. The molecule has 1 aromatic carbocycles. The topological polar surface area (TPSA) is 75.7 Å². The molecule has 26 heavy (non-hydrogen) atoms. The molecule has 1 aliphatic carbocycles. The highest BCUT2D eigenvalue weighted by Gasteiger charge is 2.19. The summed E-state index contributed by atoms with van der Waals surface area (Å²) in [5.41, 5.74) is 4.45. The number of aromatic nitrogens is 4. The van der Waals surface area contributed by atoms with Crippen molar-refractivity contribution < 1.29 is 4.74 Å². The van der Waals surface area contributed by atoms with Crippen LogP contribution in [0.25, 0.3) is 0 Å². The molecule has 3 aromatic rings. The Bertz CT molecular complexity index is 918. The van der Waals surface area contributed by atoms with Crippen LogP contribution in [0.1, 0.15) is 41.2 Å².